The Hall–Kier alpha value is -0.520. The van der Waals surface area contributed by atoms with Gasteiger partial charge in [-0.25, -0.2) is 0 Å². The first kappa shape index (κ1) is 9.05. The van der Waals surface area contributed by atoms with Crippen molar-refractivity contribution < 1.29 is 0 Å². The Bertz CT molecular complexity index is 216. The lowest BCUT2D eigenvalue weighted by molar-refractivity contribution is 0.408. The van der Waals surface area contributed by atoms with Crippen molar-refractivity contribution in [3.8, 4) is 0 Å². The average Bonchev–Trinajstić information content (AvgIpc) is 2.67. The lowest BCUT2D eigenvalue weighted by Gasteiger charge is -2.21. The molecule has 72 valence electrons. The van der Waals surface area contributed by atoms with E-state index in [9.17, 15) is 0 Å². The quantitative estimate of drug-likeness (QED) is 0.594. The Morgan fingerprint density at radius 1 is 1.23 bits per heavy atom. The topological polar surface area (TPSA) is 0 Å². The molecule has 0 spiro atoms. The van der Waals surface area contributed by atoms with Crippen molar-refractivity contribution >= 4 is 0 Å². The van der Waals surface area contributed by atoms with Crippen molar-refractivity contribution in [3.63, 3.8) is 0 Å². The monoisotopic (exact) mass is 176 g/mol. The zero-order valence-electron chi connectivity index (χ0n) is 8.63. The largest absolute Gasteiger partial charge is 0.0773 e. The summed E-state index contributed by atoms with van der Waals surface area (Å²) in [6.07, 6.45) is 15.8. The van der Waals surface area contributed by atoms with Crippen LogP contribution in [0.15, 0.2) is 23.8 Å². The van der Waals surface area contributed by atoms with Gasteiger partial charge in [-0.2, -0.15) is 0 Å². The molecule has 2 aliphatic carbocycles. The summed E-state index contributed by atoms with van der Waals surface area (Å²) < 4.78 is 0. The molecule has 1 unspecified atom stereocenters. The van der Waals surface area contributed by atoms with Gasteiger partial charge in [0, 0.05) is 0 Å². The molecule has 2 aliphatic rings. The second-order valence-corrected chi connectivity index (χ2v) is 4.43. The van der Waals surface area contributed by atoms with Crippen LogP contribution in [0.25, 0.3) is 0 Å². The van der Waals surface area contributed by atoms with Gasteiger partial charge >= 0.3 is 0 Å². The third-order valence-corrected chi connectivity index (χ3v) is 3.49. The molecule has 0 heteroatoms. The van der Waals surface area contributed by atoms with Crippen LogP contribution >= 0.6 is 0 Å². The van der Waals surface area contributed by atoms with Crippen molar-refractivity contribution in [2.45, 2.75) is 45.4 Å². The first-order chi connectivity index (χ1) is 6.40. The Kier molecular flexibility index (Phi) is 2.87. The molecule has 2 rings (SSSR count). The highest BCUT2D eigenvalue weighted by Crippen LogP contribution is 2.34. The lowest BCUT2D eigenvalue weighted by atomic mass is 9.84. The summed E-state index contributed by atoms with van der Waals surface area (Å²) in [6, 6.07) is 0. The van der Waals surface area contributed by atoms with E-state index in [0.717, 1.165) is 11.8 Å². The van der Waals surface area contributed by atoms with Crippen LogP contribution in [0.2, 0.25) is 0 Å². The molecule has 0 N–H and O–H groups in total. The van der Waals surface area contributed by atoms with E-state index in [-0.39, 0.29) is 0 Å². The molecule has 0 aromatic heterocycles. The number of rotatable bonds is 2. The minimum Gasteiger partial charge on any atom is -0.0773 e. The average molecular weight is 176 g/mol. The molecule has 0 heterocycles. The zero-order valence-corrected chi connectivity index (χ0v) is 8.63. The minimum atomic E-state index is 0.747. The van der Waals surface area contributed by atoms with Gasteiger partial charge in [-0.1, -0.05) is 44.4 Å². The SMILES string of the molecule is CCC1C=CC(C2CCCCC2)=C1. The van der Waals surface area contributed by atoms with Crippen LogP contribution in [0.4, 0.5) is 0 Å². The second-order valence-electron chi connectivity index (χ2n) is 4.43. The van der Waals surface area contributed by atoms with E-state index < -0.39 is 0 Å². The predicted molar refractivity (Wildman–Crippen MR) is 57.6 cm³/mol. The van der Waals surface area contributed by atoms with E-state index in [1.807, 2.05) is 0 Å². The van der Waals surface area contributed by atoms with E-state index in [0.29, 0.717) is 0 Å². The van der Waals surface area contributed by atoms with Gasteiger partial charge < -0.3 is 0 Å². The molecule has 0 saturated heterocycles. The molecule has 1 atom stereocenters. The van der Waals surface area contributed by atoms with Gasteiger partial charge in [0.15, 0.2) is 0 Å². The van der Waals surface area contributed by atoms with Crippen molar-refractivity contribution in [2.75, 3.05) is 0 Å². The van der Waals surface area contributed by atoms with E-state index in [1.165, 1.54) is 38.5 Å². The highest BCUT2D eigenvalue weighted by molar-refractivity contribution is 5.31. The molecule has 0 bridgehead atoms. The van der Waals surface area contributed by atoms with Gasteiger partial charge in [0.05, 0.1) is 0 Å². The van der Waals surface area contributed by atoms with Crippen LogP contribution in [0, 0.1) is 11.8 Å². The summed E-state index contributed by atoms with van der Waals surface area (Å²) in [5.41, 5.74) is 1.64. The maximum absolute atomic E-state index is 2.50. The maximum atomic E-state index is 2.50. The molecule has 13 heavy (non-hydrogen) atoms. The summed E-state index contributed by atoms with van der Waals surface area (Å²) >= 11 is 0. The highest BCUT2D eigenvalue weighted by Gasteiger charge is 2.19. The normalized spacial score (nSPS) is 29.3. The fourth-order valence-electron chi connectivity index (χ4n) is 2.56. The number of hydrogen-bond donors (Lipinski definition) is 0. The van der Waals surface area contributed by atoms with E-state index >= 15 is 0 Å². The van der Waals surface area contributed by atoms with Crippen LogP contribution in [0.3, 0.4) is 0 Å². The van der Waals surface area contributed by atoms with Crippen molar-refractivity contribution in [2.24, 2.45) is 11.8 Å². The molecule has 0 aromatic carbocycles. The Morgan fingerprint density at radius 2 is 2.00 bits per heavy atom. The molecule has 0 amide bonds. The predicted octanol–water partition coefficient (Wildman–Crippen LogP) is 4.09. The smallest absolute Gasteiger partial charge is 0.00470 e. The zero-order chi connectivity index (χ0) is 9.10. The Labute approximate surface area is 81.7 Å². The van der Waals surface area contributed by atoms with Gasteiger partial charge in [0.25, 0.3) is 0 Å². The third-order valence-electron chi connectivity index (χ3n) is 3.49. The van der Waals surface area contributed by atoms with Gasteiger partial charge in [-0.05, 0) is 36.7 Å². The first-order valence-electron chi connectivity index (χ1n) is 5.80. The highest BCUT2D eigenvalue weighted by atomic mass is 14.2. The van der Waals surface area contributed by atoms with Crippen molar-refractivity contribution in [1.29, 1.82) is 0 Å². The summed E-state index contributed by atoms with van der Waals surface area (Å²) in [7, 11) is 0. The van der Waals surface area contributed by atoms with Gasteiger partial charge in [0.1, 0.15) is 0 Å². The fourth-order valence-corrected chi connectivity index (χ4v) is 2.56. The summed E-state index contributed by atoms with van der Waals surface area (Å²) in [6.45, 7) is 2.27. The van der Waals surface area contributed by atoms with Crippen molar-refractivity contribution in [1.82, 2.24) is 0 Å². The Balaban J connectivity index is 1.97. The Morgan fingerprint density at radius 3 is 2.62 bits per heavy atom. The molecule has 1 saturated carbocycles. The van der Waals surface area contributed by atoms with E-state index in [4.69, 9.17) is 0 Å². The van der Waals surface area contributed by atoms with E-state index in [1.54, 1.807) is 5.57 Å². The summed E-state index contributed by atoms with van der Waals surface area (Å²) in [4.78, 5) is 0. The lowest BCUT2D eigenvalue weighted by Crippen LogP contribution is -2.07. The van der Waals surface area contributed by atoms with Gasteiger partial charge in [0.2, 0.25) is 0 Å². The molecular weight excluding hydrogens is 156 g/mol. The van der Waals surface area contributed by atoms with Crippen LogP contribution in [0.5, 0.6) is 0 Å². The van der Waals surface area contributed by atoms with Crippen LogP contribution in [0.1, 0.15) is 45.4 Å². The second kappa shape index (κ2) is 4.13. The van der Waals surface area contributed by atoms with Gasteiger partial charge in [-0.3, -0.25) is 0 Å². The van der Waals surface area contributed by atoms with Crippen LogP contribution < -0.4 is 0 Å². The first-order valence-corrected chi connectivity index (χ1v) is 5.80. The molecular formula is C13H20. The molecule has 0 nitrogen and oxygen atoms in total. The maximum Gasteiger partial charge on any atom is -0.00470 e. The summed E-state index contributed by atoms with van der Waals surface area (Å²) in [5, 5.41) is 0. The molecule has 0 aromatic rings. The molecule has 1 fully saturated rings. The standard InChI is InChI=1S/C13H20/c1-2-11-8-9-13(10-11)12-6-4-3-5-7-12/h8-12H,2-7H2,1H3. The minimum absolute atomic E-state index is 0.747. The van der Waals surface area contributed by atoms with Gasteiger partial charge in [-0.15, -0.1) is 0 Å². The summed E-state index contributed by atoms with van der Waals surface area (Å²) in [5.74, 6) is 1.65. The third kappa shape index (κ3) is 2.04. The fraction of sp³-hybridized carbons (Fsp3) is 0.692. The molecule has 0 radical (unpaired) electrons. The number of hydrogen-bond acceptors (Lipinski definition) is 0. The van der Waals surface area contributed by atoms with E-state index in [2.05, 4.69) is 25.2 Å². The number of allylic oxidation sites excluding steroid dienone is 4. The van der Waals surface area contributed by atoms with Crippen molar-refractivity contribution in [3.05, 3.63) is 23.8 Å². The molecule has 0 aliphatic heterocycles. The van der Waals surface area contributed by atoms with Crippen LogP contribution in [-0.4, -0.2) is 0 Å². The van der Waals surface area contributed by atoms with Crippen LogP contribution in [-0.2, 0) is 0 Å².